The Hall–Kier alpha value is -1.88. The Morgan fingerprint density at radius 2 is 2.14 bits per heavy atom. The van der Waals surface area contributed by atoms with Crippen molar-refractivity contribution < 1.29 is 24.2 Å². The standard InChI is InChI=1S/C16H22O5/c1-5-6-7-8-9-16(3)14(18)13(15(19)20-4)12(21-16)10-11(2)17/h6-9,11,17H,5,10H2,1-4H3/b7-6+,9-8+/t11-,16+/m1/s1. The van der Waals surface area contributed by atoms with Crippen LogP contribution in [-0.2, 0) is 19.1 Å². The first-order valence-electron chi connectivity index (χ1n) is 6.93. The zero-order valence-electron chi connectivity index (χ0n) is 12.9. The third-order valence-electron chi connectivity index (χ3n) is 3.06. The molecule has 2 atom stereocenters. The molecule has 0 radical (unpaired) electrons. The van der Waals surface area contributed by atoms with Gasteiger partial charge in [-0.05, 0) is 26.3 Å². The first-order chi connectivity index (χ1) is 9.85. The van der Waals surface area contributed by atoms with Crippen LogP contribution in [0.1, 0.15) is 33.6 Å². The molecule has 0 fully saturated rings. The molecule has 0 spiro atoms. The third-order valence-corrected chi connectivity index (χ3v) is 3.06. The van der Waals surface area contributed by atoms with E-state index in [9.17, 15) is 14.7 Å². The molecule has 5 heteroatoms. The van der Waals surface area contributed by atoms with E-state index in [1.54, 1.807) is 26.0 Å². The number of carbonyl (C=O) groups is 2. The number of aliphatic hydroxyl groups excluding tert-OH is 1. The van der Waals surface area contributed by atoms with E-state index in [2.05, 4.69) is 4.74 Å². The van der Waals surface area contributed by atoms with E-state index in [1.165, 1.54) is 7.11 Å². The van der Waals surface area contributed by atoms with Gasteiger partial charge >= 0.3 is 5.97 Å². The number of hydrogen-bond donors (Lipinski definition) is 1. The summed E-state index contributed by atoms with van der Waals surface area (Å²) >= 11 is 0. The second-order valence-electron chi connectivity index (χ2n) is 5.08. The van der Waals surface area contributed by atoms with Crippen LogP contribution in [0.2, 0.25) is 0 Å². The molecule has 1 aliphatic rings. The van der Waals surface area contributed by atoms with Crippen molar-refractivity contribution in [1.29, 1.82) is 0 Å². The van der Waals surface area contributed by atoms with Gasteiger partial charge < -0.3 is 14.6 Å². The number of aliphatic hydroxyl groups is 1. The number of Topliss-reactive ketones (excluding diaryl/α,β-unsaturated/α-hetero) is 1. The molecule has 1 N–H and O–H groups in total. The number of hydrogen-bond acceptors (Lipinski definition) is 5. The van der Waals surface area contributed by atoms with Crippen LogP contribution in [-0.4, -0.2) is 35.7 Å². The summed E-state index contributed by atoms with van der Waals surface area (Å²) in [4.78, 5) is 24.2. The van der Waals surface area contributed by atoms with Gasteiger partial charge in [0.2, 0.25) is 5.78 Å². The topological polar surface area (TPSA) is 72.8 Å². The third kappa shape index (κ3) is 4.04. The van der Waals surface area contributed by atoms with Crippen molar-refractivity contribution in [2.45, 2.75) is 45.3 Å². The largest absolute Gasteiger partial charge is 0.478 e. The van der Waals surface area contributed by atoms with Crippen LogP contribution in [0, 0.1) is 0 Å². The van der Waals surface area contributed by atoms with Crippen molar-refractivity contribution in [3.8, 4) is 0 Å². The van der Waals surface area contributed by atoms with Gasteiger partial charge in [-0.25, -0.2) is 4.79 Å². The normalized spacial score (nSPS) is 24.0. The van der Waals surface area contributed by atoms with Crippen molar-refractivity contribution in [3.05, 3.63) is 35.6 Å². The summed E-state index contributed by atoms with van der Waals surface area (Å²) in [5.74, 6) is -1.02. The lowest BCUT2D eigenvalue weighted by Crippen LogP contribution is -2.33. The number of allylic oxidation sites excluding steroid dienone is 3. The SMILES string of the molecule is CC/C=C/C=C/[C@]1(C)OC(C[C@@H](C)O)=C(C(=O)OC)C1=O. The van der Waals surface area contributed by atoms with E-state index in [0.717, 1.165) is 6.42 Å². The average Bonchev–Trinajstić information content (AvgIpc) is 2.65. The van der Waals surface area contributed by atoms with Crippen molar-refractivity contribution >= 4 is 11.8 Å². The molecule has 1 heterocycles. The molecule has 1 aliphatic heterocycles. The second kappa shape index (κ2) is 7.22. The van der Waals surface area contributed by atoms with E-state index in [4.69, 9.17) is 4.74 Å². The molecule has 0 aliphatic carbocycles. The highest BCUT2D eigenvalue weighted by Gasteiger charge is 2.47. The highest BCUT2D eigenvalue weighted by molar-refractivity contribution is 6.22. The predicted molar refractivity (Wildman–Crippen MR) is 78.4 cm³/mol. The van der Waals surface area contributed by atoms with E-state index in [-0.39, 0.29) is 17.8 Å². The number of esters is 1. The van der Waals surface area contributed by atoms with Crippen LogP contribution < -0.4 is 0 Å². The molecule has 1 rings (SSSR count). The van der Waals surface area contributed by atoms with Gasteiger partial charge in [-0.2, -0.15) is 0 Å². The summed E-state index contributed by atoms with van der Waals surface area (Å²) in [6.45, 7) is 5.15. The number of ether oxygens (including phenoxy) is 2. The van der Waals surface area contributed by atoms with Crippen molar-refractivity contribution in [2.24, 2.45) is 0 Å². The fraction of sp³-hybridized carbons (Fsp3) is 0.500. The van der Waals surface area contributed by atoms with E-state index >= 15 is 0 Å². The number of ketones is 1. The first kappa shape index (κ1) is 17.2. The van der Waals surface area contributed by atoms with Crippen LogP contribution in [0.3, 0.4) is 0 Å². The number of methoxy groups -OCH3 is 1. The monoisotopic (exact) mass is 294 g/mol. The van der Waals surface area contributed by atoms with Crippen molar-refractivity contribution in [1.82, 2.24) is 0 Å². The first-order valence-corrected chi connectivity index (χ1v) is 6.93. The Bertz CT molecular complexity index is 499. The number of rotatable bonds is 6. The van der Waals surface area contributed by atoms with Crippen molar-refractivity contribution in [3.63, 3.8) is 0 Å². The van der Waals surface area contributed by atoms with Gasteiger partial charge in [0.25, 0.3) is 0 Å². The van der Waals surface area contributed by atoms with Crippen LogP contribution in [0.15, 0.2) is 35.6 Å². The van der Waals surface area contributed by atoms with E-state index < -0.39 is 23.5 Å². The minimum absolute atomic E-state index is 0.0877. The Morgan fingerprint density at radius 1 is 1.48 bits per heavy atom. The summed E-state index contributed by atoms with van der Waals surface area (Å²) < 4.78 is 10.3. The lowest BCUT2D eigenvalue weighted by Gasteiger charge is -2.19. The van der Waals surface area contributed by atoms with Gasteiger partial charge in [0.15, 0.2) is 5.60 Å². The molecule has 0 saturated carbocycles. The Morgan fingerprint density at radius 3 is 2.67 bits per heavy atom. The molecule has 0 aromatic carbocycles. The lowest BCUT2D eigenvalue weighted by atomic mass is 9.95. The Labute approximate surface area is 124 Å². The summed E-state index contributed by atoms with van der Waals surface area (Å²) in [6, 6.07) is 0. The van der Waals surface area contributed by atoms with Gasteiger partial charge in [-0.1, -0.05) is 25.2 Å². The van der Waals surface area contributed by atoms with Crippen LogP contribution in [0.25, 0.3) is 0 Å². The molecule has 0 aromatic rings. The highest BCUT2D eigenvalue weighted by atomic mass is 16.5. The van der Waals surface area contributed by atoms with Crippen LogP contribution in [0.5, 0.6) is 0 Å². The molecular formula is C16H22O5. The molecule has 5 nitrogen and oxygen atoms in total. The maximum atomic E-state index is 12.4. The molecule has 0 amide bonds. The van der Waals surface area contributed by atoms with Crippen molar-refractivity contribution in [2.75, 3.05) is 7.11 Å². The molecule has 0 saturated heterocycles. The second-order valence-corrected chi connectivity index (χ2v) is 5.08. The van der Waals surface area contributed by atoms with E-state index in [1.807, 2.05) is 19.1 Å². The van der Waals surface area contributed by atoms with E-state index in [0.29, 0.717) is 0 Å². The Balaban J connectivity index is 3.07. The van der Waals surface area contributed by atoms with Crippen LogP contribution >= 0.6 is 0 Å². The van der Waals surface area contributed by atoms with Gasteiger partial charge in [-0.15, -0.1) is 0 Å². The van der Waals surface area contributed by atoms with Gasteiger partial charge in [0.1, 0.15) is 11.3 Å². The zero-order chi connectivity index (χ0) is 16.0. The van der Waals surface area contributed by atoms with Gasteiger partial charge in [-0.3, -0.25) is 4.79 Å². The fourth-order valence-corrected chi connectivity index (χ4v) is 2.01. The molecule has 21 heavy (non-hydrogen) atoms. The maximum Gasteiger partial charge on any atom is 0.345 e. The summed E-state index contributed by atoms with van der Waals surface area (Å²) in [6.07, 6.45) is 7.30. The zero-order valence-corrected chi connectivity index (χ0v) is 12.9. The summed E-state index contributed by atoms with van der Waals surface area (Å²) in [5.41, 5.74) is -1.36. The predicted octanol–water partition coefficient (Wildman–Crippen LogP) is 2.06. The maximum absolute atomic E-state index is 12.4. The molecule has 0 unspecified atom stereocenters. The molecule has 0 aromatic heterocycles. The minimum atomic E-state index is -1.24. The number of carbonyl (C=O) groups excluding carboxylic acids is 2. The minimum Gasteiger partial charge on any atom is -0.478 e. The molecular weight excluding hydrogens is 272 g/mol. The Kier molecular flexibility index (Phi) is 5.90. The smallest absolute Gasteiger partial charge is 0.345 e. The van der Waals surface area contributed by atoms with Gasteiger partial charge in [0.05, 0.1) is 13.2 Å². The fourth-order valence-electron chi connectivity index (χ4n) is 2.01. The molecule has 116 valence electrons. The van der Waals surface area contributed by atoms with Crippen LogP contribution in [0.4, 0.5) is 0 Å². The summed E-state index contributed by atoms with van der Waals surface area (Å²) in [5, 5.41) is 9.48. The average molecular weight is 294 g/mol. The quantitative estimate of drug-likeness (QED) is 0.461. The lowest BCUT2D eigenvalue weighted by molar-refractivity contribution is -0.138. The van der Waals surface area contributed by atoms with Gasteiger partial charge in [0, 0.05) is 6.42 Å². The highest BCUT2D eigenvalue weighted by Crippen LogP contribution is 2.34. The molecule has 0 bridgehead atoms. The summed E-state index contributed by atoms with van der Waals surface area (Å²) in [7, 11) is 1.21.